The second kappa shape index (κ2) is 11.5. The van der Waals surface area contributed by atoms with Gasteiger partial charge in [-0.25, -0.2) is 18.5 Å². The van der Waals surface area contributed by atoms with Crippen molar-refractivity contribution in [3.05, 3.63) is 69.5 Å². The van der Waals surface area contributed by atoms with Crippen molar-refractivity contribution in [3.8, 4) is 11.3 Å². The summed E-state index contributed by atoms with van der Waals surface area (Å²) in [4.78, 5) is 19.6. The van der Waals surface area contributed by atoms with Crippen molar-refractivity contribution in [2.24, 2.45) is 4.40 Å². The minimum atomic E-state index is -4.53. The number of halogens is 2. The number of benzene rings is 2. The van der Waals surface area contributed by atoms with Crippen LogP contribution < -0.4 is 10.0 Å². The molecule has 44 heavy (non-hydrogen) atoms. The van der Waals surface area contributed by atoms with Crippen molar-refractivity contribution >= 4 is 50.9 Å². The van der Waals surface area contributed by atoms with Gasteiger partial charge in [0.2, 0.25) is 0 Å². The fourth-order valence-electron chi connectivity index (χ4n) is 5.88. The molecule has 0 aliphatic carbocycles. The van der Waals surface area contributed by atoms with Crippen molar-refractivity contribution < 1.29 is 27.8 Å². The normalized spacial score (nSPS) is 19.7. The standard InChI is InChI=1S/C30H34ClFN6O5S/c1-15(2)20-10-19(14-39)9-16(3)27(20)38-28-21(11-22(31)26(34-28)25-23(32)7-6-8-24(25)33)29(35-44(38,42)43)36-12-18(5)37(30(40)41)13-17(36)4/h6-11,15,17-18,39H,12-14,33H2,1-5H3,(H,40,41). The molecule has 2 aliphatic rings. The number of aliphatic hydroxyl groups is 1. The highest BCUT2D eigenvalue weighted by molar-refractivity contribution is 7.92. The van der Waals surface area contributed by atoms with E-state index in [9.17, 15) is 23.4 Å². The second-order valence-corrected chi connectivity index (χ2v) is 13.4. The summed E-state index contributed by atoms with van der Waals surface area (Å²) in [6.07, 6.45) is -1.08. The monoisotopic (exact) mass is 644 g/mol. The number of amidine groups is 1. The lowest BCUT2D eigenvalue weighted by Gasteiger charge is -2.45. The van der Waals surface area contributed by atoms with Gasteiger partial charge in [0.1, 0.15) is 5.82 Å². The predicted molar refractivity (Wildman–Crippen MR) is 168 cm³/mol. The molecule has 2 unspecified atom stereocenters. The molecule has 4 N–H and O–H groups in total. The first-order valence-electron chi connectivity index (χ1n) is 14.1. The van der Waals surface area contributed by atoms with Gasteiger partial charge in [-0.3, -0.25) is 0 Å². The summed E-state index contributed by atoms with van der Waals surface area (Å²) in [6, 6.07) is 8.16. The van der Waals surface area contributed by atoms with Gasteiger partial charge >= 0.3 is 16.3 Å². The van der Waals surface area contributed by atoms with E-state index in [1.807, 2.05) is 13.8 Å². The predicted octanol–water partition coefficient (Wildman–Crippen LogP) is 5.26. The van der Waals surface area contributed by atoms with E-state index < -0.39 is 34.2 Å². The van der Waals surface area contributed by atoms with Gasteiger partial charge < -0.3 is 25.7 Å². The molecule has 3 aromatic rings. The first-order chi connectivity index (χ1) is 20.7. The molecule has 5 rings (SSSR count). The molecule has 3 heterocycles. The lowest BCUT2D eigenvalue weighted by atomic mass is 9.95. The molecule has 0 spiro atoms. The molecular weight excluding hydrogens is 611 g/mol. The maximum Gasteiger partial charge on any atom is 0.407 e. The number of amides is 1. The van der Waals surface area contributed by atoms with Gasteiger partial charge in [-0.15, -0.1) is 4.40 Å². The quantitative estimate of drug-likeness (QED) is 0.325. The number of hydrogen-bond donors (Lipinski definition) is 3. The molecular formula is C30H34ClFN6O5S. The van der Waals surface area contributed by atoms with Crippen LogP contribution in [0, 0.1) is 12.7 Å². The van der Waals surface area contributed by atoms with Crippen LogP contribution in [-0.4, -0.2) is 70.5 Å². The number of carbonyl (C=O) groups is 1. The van der Waals surface area contributed by atoms with Gasteiger partial charge in [0, 0.05) is 30.9 Å². The van der Waals surface area contributed by atoms with Crippen LogP contribution >= 0.6 is 11.6 Å². The third-order valence-electron chi connectivity index (χ3n) is 8.01. The van der Waals surface area contributed by atoms with Crippen LogP contribution in [0.4, 0.5) is 26.4 Å². The number of aryl methyl sites for hydroxylation is 1. The number of carboxylic acid groups (broad SMARTS) is 1. The maximum absolute atomic E-state index is 15.2. The average molecular weight is 645 g/mol. The van der Waals surface area contributed by atoms with E-state index in [4.69, 9.17) is 22.3 Å². The van der Waals surface area contributed by atoms with Gasteiger partial charge in [0.25, 0.3) is 0 Å². The number of aromatic nitrogens is 1. The highest BCUT2D eigenvalue weighted by atomic mass is 35.5. The zero-order valence-corrected chi connectivity index (χ0v) is 26.5. The van der Waals surface area contributed by atoms with E-state index in [1.54, 1.807) is 37.8 Å². The Balaban J connectivity index is 1.82. The Bertz CT molecular complexity index is 1780. The highest BCUT2D eigenvalue weighted by Gasteiger charge is 2.42. The van der Waals surface area contributed by atoms with Gasteiger partial charge in [0.05, 0.1) is 34.1 Å². The number of rotatable bonds is 4. The number of nitrogens with zero attached hydrogens (tertiary/aromatic N) is 5. The Morgan fingerprint density at radius 1 is 1.18 bits per heavy atom. The van der Waals surface area contributed by atoms with Gasteiger partial charge in [-0.1, -0.05) is 43.6 Å². The molecule has 11 nitrogen and oxygen atoms in total. The minimum Gasteiger partial charge on any atom is -0.465 e. The van der Waals surface area contributed by atoms with Crippen LogP contribution in [0.2, 0.25) is 5.02 Å². The number of anilines is 3. The number of fused-ring (bicyclic) bond motifs is 1. The Morgan fingerprint density at radius 3 is 2.50 bits per heavy atom. The third-order valence-corrected chi connectivity index (χ3v) is 9.51. The van der Waals surface area contributed by atoms with Crippen molar-refractivity contribution in [3.63, 3.8) is 0 Å². The molecule has 2 atom stereocenters. The molecule has 234 valence electrons. The lowest BCUT2D eigenvalue weighted by molar-refractivity contribution is 0.0751. The number of piperazine rings is 1. The topological polar surface area (TPSA) is 153 Å². The minimum absolute atomic E-state index is 0.0220. The van der Waals surface area contributed by atoms with Crippen molar-refractivity contribution in [2.45, 2.75) is 59.2 Å². The number of nitrogen functional groups attached to an aromatic ring is 1. The molecule has 1 amide bonds. The second-order valence-electron chi connectivity index (χ2n) is 11.5. The largest absolute Gasteiger partial charge is 0.465 e. The zero-order chi connectivity index (χ0) is 32.2. The smallest absolute Gasteiger partial charge is 0.407 e. The summed E-state index contributed by atoms with van der Waals surface area (Å²) in [7, 11) is -4.53. The van der Waals surface area contributed by atoms with Crippen LogP contribution in [0.15, 0.2) is 40.8 Å². The van der Waals surface area contributed by atoms with E-state index in [1.165, 1.54) is 29.2 Å². The fraction of sp³-hybridized carbons (Fsp3) is 0.367. The molecule has 14 heteroatoms. The fourth-order valence-corrected chi connectivity index (χ4v) is 7.47. The Morgan fingerprint density at radius 2 is 1.89 bits per heavy atom. The van der Waals surface area contributed by atoms with Crippen LogP contribution in [0.5, 0.6) is 0 Å². The number of nitrogens with two attached hydrogens (primary N) is 1. The summed E-state index contributed by atoms with van der Waals surface area (Å²) in [5.74, 6) is -0.853. The first kappa shape index (κ1) is 31.5. The molecule has 2 aliphatic heterocycles. The van der Waals surface area contributed by atoms with Gasteiger partial charge in [-0.05, 0) is 61.6 Å². The number of aliphatic hydroxyl groups excluding tert-OH is 1. The van der Waals surface area contributed by atoms with Gasteiger partial charge in [-0.2, -0.15) is 8.42 Å². The molecule has 1 aromatic heterocycles. The Kier molecular flexibility index (Phi) is 8.25. The SMILES string of the molecule is Cc1cc(CO)cc(C(C)C)c1N1c2nc(-c3c(N)cccc3F)c(Cl)cc2C(N2CC(C)N(C(=O)O)CC2C)=NS1(=O)=O. The molecule has 0 radical (unpaired) electrons. The van der Waals surface area contributed by atoms with Crippen LogP contribution in [0.3, 0.4) is 0 Å². The third kappa shape index (κ3) is 5.33. The van der Waals surface area contributed by atoms with E-state index in [2.05, 4.69) is 4.40 Å². The lowest BCUT2D eigenvalue weighted by Crippen LogP contribution is -2.60. The Labute approximate surface area is 260 Å². The summed E-state index contributed by atoms with van der Waals surface area (Å²) < 4.78 is 49.1. The Hall–Kier alpha value is -3.94. The van der Waals surface area contributed by atoms with E-state index >= 15 is 4.39 Å². The molecule has 1 fully saturated rings. The number of pyridine rings is 1. The summed E-state index contributed by atoms with van der Waals surface area (Å²) in [5, 5.41) is 19.6. The van der Waals surface area contributed by atoms with Crippen molar-refractivity contribution in [1.29, 1.82) is 0 Å². The van der Waals surface area contributed by atoms with E-state index in [-0.39, 0.29) is 64.8 Å². The van der Waals surface area contributed by atoms with Crippen LogP contribution in [0.1, 0.15) is 55.9 Å². The molecule has 0 bridgehead atoms. The summed E-state index contributed by atoms with van der Waals surface area (Å²) in [5.41, 5.74) is 8.46. The summed E-state index contributed by atoms with van der Waals surface area (Å²) >= 11 is 6.75. The molecule has 0 saturated carbocycles. The van der Waals surface area contributed by atoms with E-state index in [0.29, 0.717) is 22.4 Å². The van der Waals surface area contributed by atoms with E-state index in [0.717, 1.165) is 4.31 Å². The van der Waals surface area contributed by atoms with Crippen molar-refractivity contribution in [1.82, 2.24) is 14.8 Å². The zero-order valence-electron chi connectivity index (χ0n) is 24.9. The summed E-state index contributed by atoms with van der Waals surface area (Å²) in [6.45, 7) is 9.07. The first-order valence-corrected chi connectivity index (χ1v) is 15.8. The van der Waals surface area contributed by atoms with Crippen LogP contribution in [0.25, 0.3) is 11.3 Å². The average Bonchev–Trinajstić information content (AvgIpc) is 2.94. The maximum atomic E-state index is 15.2. The molecule has 2 aromatic carbocycles. The van der Waals surface area contributed by atoms with Crippen LogP contribution in [-0.2, 0) is 16.8 Å². The highest BCUT2D eigenvalue weighted by Crippen LogP contribution is 2.45. The van der Waals surface area contributed by atoms with Gasteiger partial charge in [0.15, 0.2) is 11.7 Å². The van der Waals surface area contributed by atoms with Crippen molar-refractivity contribution in [2.75, 3.05) is 23.1 Å². The number of hydrogen-bond acceptors (Lipinski definition) is 7. The molecule has 1 saturated heterocycles.